The Morgan fingerprint density at radius 2 is 1.88 bits per heavy atom. The molecular formula is C27H26F3N9O. The fraction of sp³-hybridized carbons (Fsp3) is 0.296. The molecule has 2 aliphatic heterocycles. The minimum absolute atomic E-state index is 0.0400. The number of halogens is 3. The third-order valence-electron chi connectivity index (χ3n) is 7.47. The van der Waals surface area contributed by atoms with Gasteiger partial charge in [0.05, 0.1) is 5.56 Å². The monoisotopic (exact) mass is 549 g/mol. The van der Waals surface area contributed by atoms with Gasteiger partial charge in [0.2, 0.25) is 5.95 Å². The number of aromatic nitrogens is 4. The maximum atomic E-state index is 13.1. The van der Waals surface area contributed by atoms with Gasteiger partial charge in [-0.2, -0.15) is 18.2 Å². The molecule has 0 unspecified atom stereocenters. The smallest absolute Gasteiger partial charge is 0.382 e. The number of rotatable bonds is 5. The number of amides is 1. The number of aryl methyl sites for hydroxylation is 1. The number of alkyl halides is 3. The molecule has 13 heteroatoms. The molecule has 0 saturated carbocycles. The Hall–Kier alpha value is -4.52. The normalized spacial score (nSPS) is 18.9. The van der Waals surface area contributed by atoms with Crippen molar-refractivity contribution >= 4 is 45.9 Å². The fourth-order valence-corrected chi connectivity index (χ4v) is 5.29. The summed E-state index contributed by atoms with van der Waals surface area (Å²) in [5.74, 6) is 0.597. The molecule has 2 bridgehead atoms. The molecular weight excluding hydrogens is 523 g/mol. The van der Waals surface area contributed by atoms with E-state index < -0.39 is 17.6 Å². The third kappa shape index (κ3) is 4.72. The van der Waals surface area contributed by atoms with Gasteiger partial charge in [0.25, 0.3) is 5.91 Å². The zero-order valence-electron chi connectivity index (χ0n) is 21.7. The van der Waals surface area contributed by atoms with E-state index in [0.717, 1.165) is 37.2 Å². The highest BCUT2D eigenvalue weighted by Crippen LogP contribution is 2.35. The lowest BCUT2D eigenvalue weighted by atomic mass is 10.1. The van der Waals surface area contributed by atoms with Crippen LogP contribution in [0.15, 0.2) is 48.8 Å². The molecule has 4 aromatic rings. The number of likely N-dealkylation sites (N-methyl/N-ethyl adjacent to an activating group) is 1. The molecule has 2 atom stereocenters. The van der Waals surface area contributed by atoms with Crippen LogP contribution in [0.2, 0.25) is 0 Å². The lowest BCUT2D eigenvalue weighted by Crippen LogP contribution is -2.45. The Balaban J connectivity index is 1.28. The first-order valence-electron chi connectivity index (χ1n) is 12.7. The Morgan fingerprint density at radius 1 is 1.05 bits per heavy atom. The van der Waals surface area contributed by atoms with E-state index in [1.807, 2.05) is 6.92 Å². The minimum atomic E-state index is -4.51. The molecule has 0 radical (unpaired) electrons. The quantitative estimate of drug-likeness (QED) is 0.336. The molecule has 0 spiro atoms. The van der Waals surface area contributed by atoms with E-state index in [1.165, 1.54) is 18.5 Å². The number of carbonyl (C=O) groups is 1. The zero-order chi connectivity index (χ0) is 28.2. The number of nitrogens with two attached hydrogens (primary N) is 1. The highest BCUT2D eigenvalue weighted by atomic mass is 19.4. The summed E-state index contributed by atoms with van der Waals surface area (Å²) in [6.07, 6.45) is -2.11. The summed E-state index contributed by atoms with van der Waals surface area (Å²) in [7, 11) is 2.11. The van der Waals surface area contributed by atoms with Crippen molar-refractivity contribution in [3.63, 3.8) is 0 Å². The van der Waals surface area contributed by atoms with E-state index in [1.54, 1.807) is 18.2 Å². The van der Waals surface area contributed by atoms with Gasteiger partial charge in [0.15, 0.2) is 11.6 Å². The molecule has 10 nitrogen and oxygen atoms in total. The van der Waals surface area contributed by atoms with E-state index in [2.05, 4.69) is 42.4 Å². The van der Waals surface area contributed by atoms with Crippen molar-refractivity contribution in [1.29, 1.82) is 0 Å². The molecule has 4 N–H and O–H groups in total. The molecule has 2 aliphatic rings. The Labute approximate surface area is 227 Å². The highest BCUT2D eigenvalue weighted by molar-refractivity contribution is 6.05. The average Bonchev–Trinajstić information content (AvgIpc) is 3.50. The minimum Gasteiger partial charge on any atom is -0.382 e. The lowest BCUT2D eigenvalue weighted by Gasteiger charge is -2.32. The number of carbonyl (C=O) groups excluding carboxylic acids is 1. The Kier molecular flexibility index (Phi) is 6.17. The number of hydrogen-bond donors (Lipinski definition) is 3. The van der Waals surface area contributed by atoms with Crippen LogP contribution in [0.3, 0.4) is 0 Å². The van der Waals surface area contributed by atoms with Crippen molar-refractivity contribution in [2.75, 3.05) is 41.4 Å². The molecule has 0 aliphatic carbocycles. The van der Waals surface area contributed by atoms with Crippen molar-refractivity contribution in [2.24, 2.45) is 0 Å². The SMILES string of the molecule is Cc1ccc(C(=O)Nc2cccc(C(F)(F)F)c2)cc1Nc1ncnc2c(N)nc(N3C[C@H]4C[C@@H]3CN4C)nc12. The average molecular weight is 550 g/mol. The van der Waals surface area contributed by atoms with E-state index in [-0.39, 0.29) is 17.1 Å². The predicted octanol–water partition coefficient (Wildman–Crippen LogP) is 4.22. The fourth-order valence-electron chi connectivity index (χ4n) is 5.29. The van der Waals surface area contributed by atoms with E-state index in [4.69, 9.17) is 10.7 Å². The predicted molar refractivity (Wildman–Crippen MR) is 146 cm³/mol. The van der Waals surface area contributed by atoms with E-state index in [0.29, 0.717) is 40.6 Å². The van der Waals surface area contributed by atoms with Crippen molar-refractivity contribution in [2.45, 2.75) is 31.6 Å². The molecule has 2 aromatic heterocycles. The van der Waals surface area contributed by atoms with Gasteiger partial charge in [-0.15, -0.1) is 0 Å². The number of nitrogen functional groups attached to an aromatic ring is 1. The number of piperazine rings is 1. The van der Waals surface area contributed by atoms with Crippen LogP contribution in [0.25, 0.3) is 11.0 Å². The number of nitrogens with zero attached hydrogens (tertiary/aromatic N) is 6. The largest absolute Gasteiger partial charge is 0.416 e. The maximum absolute atomic E-state index is 13.1. The van der Waals surface area contributed by atoms with Gasteiger partial charge in [-0.1, -0.05) is 12.1 Å². The van der Waals surface area contributed by atoms with Gasteiger partial charge < -0.3 is 21.3 Å². The van der Waals surface area contributed by atoms with Crippen LogP contribution in [-0.4, -0.2) is 63.0 Å². The van der Waals surface area contributed by atoms with Gasteiger partial charge in [-0.05, 0) is 56.3 Å². The first-order chi connectivity index (χ1) is 19.1. The van der Waals surface area contributed by atoms with Crippen LogP contribution in [0.1, 0.15) is 27.9 Å². The third-order valence-corrected chi connectivity index (χ3v) is 7.47. The second-order valence-corrected chi connectivity index (χ2v) is 10.2. The molecule has 2 saturated heterocycles. The lowest BCUT2D eigenvalue weighted by molar-refractivity contribution is -0.137. The van der Waals surface area contributed by atoms with Crippen molar-refractivity contribution in [3.05, 3.63) is 65.5 Å². The van der Waals surface area contributed by atoms with Crippen LogP contribution in [0.4, 0.5) is 42.1 Å². The van der Waals surface area contributed by atoms with Crippen molar-refractivity contribution < 1.29 is 18.0 Å². The second kappa shape index (κ2) is 9.59. The molecule has 206 valence electrons. The number of fused-ring (bicyclic) bond motifs is 3. The first kappa shape index (κ1) is 25.7. The van der Waals surface area contributed by atoms with Gasteiger partial charge in [0, 0.05) is 42.1 Å². The molecule has 40 heavy (non-hydrogen) atoms. The number of anilines is 5. The number of hydrogen-bond acceptors (Lipinski definition) is 9. The standard InChI is InChI=1S/C27H26F3N9O/c1-14-6-7-15(25(40)34-17-5-3-4-16(9-17)27(28,29)30)8-20(14)35-24-22-21(32-13-33-24)23(31)37-26(36-22)39-12-18-10-19(39)11-38(18)2/h3-9,13,18-19H,10-12H2,1-2H3,(H,34,40)(H2,31,36,37)(H,32,33,35)/t18-,19-/m1/s1. The molecule has 2 fully saturated rings. The van der Waals surface area contributed by atoms with Crippen LogP contribution in [0.5, 0.6) is 0 Å². The first-order valence-corrected chi connectivity index (χ1v) is 12.7. The van der Waals surface area contributed by atoms with Crippen LogP contribution in [0, 0.1) is 6.92 Å². The summed E-state index contributed by atoms with van der Waals surface area (Å²) in [5, 5.41) is 5.77. The summed E-state index contributed by atoms with van der Waals surface area (Å²) in [6, 6.07) is 10.2. The number of likely N-dealkylation sites (tertiary alicyclic amines) is 1. The molecule has 4 heterocycles. The second-order valence-electron chi connectivity index (χ2n) is 10.2. The van der Waals surface area contributed by atoms with Crippen LogP contribution >= 0.6 is 0 Å². The highest BCUT2D eigenvalue weighted by Gasteiger charge is 2.42. The summed E-state index contributed by atoms with van der Waals surface area (Å²) in [5.41, 5.74) is 7.95. The van der Waals surface area contributed by atoms with E-state index >= 15 is 0 Å². The van der Waals surface area contributed by atoms with Gasteiger partial charge >= 0.3 is 6.18 Å². The summed E-state index contributed by atoms with van der Waals surface area (Å²) in [4.78, 5) is 35.4. The van der Waals surface area contributed by atoms with Crippen molar-refractivity contribution in [3.8, 4) is 0 Å². The molecule has 2 aromatic carbocycles. The van der Waals surface area contributed by atoms with Gasteiger partial charge in [-0.3, -0.25) is 9.69 Å². The Morgan fingerprint density at radius 3 is 2.60 bits per heavy atom. The number of benzene rings is 2. The summed E-state index contributed by atoms with van der Waals surface area (Å²) >= 11 is 0. The van der Waals surface area contributed by atoms with Crippen molar-refractivity contribution in [1.82, 2.24) is 24.8 Å². The maximum Gasteiger partial charge on any atom is 0.416 e. The van der Waals surface area contributed by atoms with Crippen LogP contribution in [-0.2, 0) is 6.18 Å². The van der Waals surface area contributed by atoms with E-state index in [9.17, 15) is 18.0 Å². The number of nitrogens with one attached hydrogen (secondary N) is 2. The van der Waals surface area contributed by atoms with Crippen LogP contribution < -0.4 is 21.3 Å². The summed E-state index contributed by atoms with van der Waals surface area (Å²) in [6.45, 7) is 3.59. The van der Waals surface area contributed by atoms with Gasteiger partial charge in [0.1, 0.15) is 17.4 Å². The topological polar surface area (TPSA) is 125 Å². The molecule has 1 amide bonds. The van der Waals surface area contributed by atoms with Gasteiger partial charge in [-0.25, -0.2) is 15.0 Å². The summed E-state index contributed by atoms with van der Waals surface area (Å²) < 4.78 is 39.2. The Bertz CT molecular complexity index is 1630. The zero-order valence-corrected chi connectivity index (χ0v) is 21.7. The molecule has 6 rings (SSSR count).